The van der Waals surface area contributed by atoms with Gasteiger partial charge in [-0.15, -0.1) is 0 Å². The predicted molar refractivity (Wildman–Crippen MR) is 98.5 cm³/mol. The summed E-state index contributed by atoms with van der Waals surface area (Å²) in [5.41, 5.74) is 8.43. The SMILES string of the molecule is NC(=O)c1cc2c(nc1N1CCN(c3ccc(Cl)cn3)CC1)CCC2. The Morgan fingerprint density at radius 1 is 1.12 bits per heavy atom. The lowest BCUT2D eigenvalue weighted by Crippen LogP contribution is -2.47. The van der Waals surface area contributed by atoms with Crippen LogP contribution in [-0.2, 0) is 12.8 Å². The molecular weight excluding hydrogens is 338 g/mol. The normalized spacial score (nSPS) is 16.8. The molecule has 1 saturated heterocycles. The van der Waals surface area contributed by atoms with Crippen molar-refractivity contribution < 1.29 is 4.79 Å². The number of halogens is 1. The summed E-state index contributed by atoms with van der Waals surface area (Å²) in [5, 5.41) is 0.635. The summed E-state index contributed by atoms with van der Waals surface area (Å²) in [6, 6.07) is 5.73. The van der Waals surface area contributed by atoms with Crippen LogP contribution in [0.15, 0.2) is 24.4 Å². The van der Waals surface area contributed by atoms with E-state index in [0.29, 0.717) is 10.6 Å². The topological polar surface area (TPSA) is 75.4 Å². The van der Waals surface area contributed by atoms with Crippen molar-refractivity contribution in [1.29, 1.82) is 0 Å². The minimum Gasteiger partial charge on any atom is -0.365 e. The fourth-order valence-corrected chi connectivity index (χ4v) is 3.70. The van der Waals surface area contributed by atoms with Gasteiger partial charge in [0.05, 0.1) is 10.6 Å². The maximum Gasteiger partial charge on any atom is 0.252 e. The lowest BCUT2D eigenvalue weighted by Gasteiger charge is -2.36. The number of hydrogen-bond donors (Lipinski definition) is 1. The maximum absolute atomic E-state index is 11.9. The van der Waals surface area contributed by atoms with E-state index in [-0.39, 0.29) is 0 Å². The first-order valence-corrected chi connectivity index (χ1v) is 8.93. The van der Waals surface area contributed by atoms with Gasteiger partial charge in [-0.1, -0.05) is 11.6 Å². The zero-order valence-electron chi connectivity index (χ0n) is 13.9. The molecule has 1 fully saturated rings. The quantitative estimate of drug-likeness (QED) is 0.909. The van der Waals surface area contributed by atoms with Gasteiger partial charge in [-0.2, -0.15) is 0 Å². The van der Waals surface area contributed by atoms with E-state index in [4.69, 9.17) is 22.3 Å². The number of aryl methyl sites for hydroxylation is 2. The standard InChI is InChI=1S/C18H20ClN5O/c19-13-4-5-16(21-11-13)23-6-8-24(9-7-23)18-14(17(20)25)10-12-2-1-3-15(12)22-18/h4-5,10-11H,1-3,6-9H2,(H2,20,25). The van der Waals surface area contributed by atoms with Crippen molar-refractivity contribution in [3.63, 3.8) is 0 Å². The number of piperazine rings is 1. The molecule has 2 aromatic rings. The minimum atomic E-state index is -0.404. The zero-order valence-corrected chi connectivity index (χ0v) is 14.7. The molecule has 2 aliphatic rings. The van der Waals surface area contributed by atoms with Gasteiger partial charge < -0.3 is 15.5 Å². The number of pyridine rings is 2. The van der Waals surface area contributed by atoms with Gasteiger partial charge in [0.2, 0.25) is 0 Å². The molecule has 1 aliphatic heterocycles. The molecule has 25 heavy (non-hydrogen) atoms. The fraction of sp³-hybridized carbons (Fsp3) is 0.389. The molecule has 0 radical (unpaired) electrons. The molecule has 0 bridgehead atoms. The van der Waals surface area contributed by atoms with E-state index in [9.17, 15) is 4.79 Å². The number of hydrogen-bond acceptors (Lipinski definition) is 5. The van der Waals surface area contributed by atoms with Crippen LogP contribution < -0.4 is 15.5 Å². The van der Waals surface area contributed by atoms with Crippen molar-refractivity contribution in [2.24, 2.45) is 5.73 Å². The van der Waals surface area contributed by atoms with Crippen LogP contribution in [0.2, 0.25) is 5.02 Å². The molecule has 1 amide bonds. The summed E-state index contributed by atoms with van der Waals surface area (Å²) in [6.07, 6.45) is 4.73. The van der Waals surface area contributed by atoms with Crippen LogP contribution in [0.5, 0.6) is 0 Å². The first kappa shape index (κ1) is 16.1. The first-order valence-electron chi connectivity index (χ1n) is 8.56. The number of nitrogens with two attached hydrogens (primary N) is 1. The predicted octanol–water partition coefficient (Wildman–Crippen LogP) is 2.04. The van der Waals surface area contributed by atoms with E-state index in [1.165, 1.54) is 5.56 Å². The van der Waals surface area contributed by atoms with Gasteiger partial charge in [0.1, 0.15) is 11.6 Å². The summed E-state index contributed by atoms with van der Waals surface area (Å²) in [5.74, 6) is 1.25. The Morgan fingerprint density at radius 3 is 2.56 bits per heavy atom. The maximum atomic E-state index is 11.9. The third-order valence-electron chi connectivity index (χ3n) is 4.91. The molecular formula is C18H20ClN5O. The number of rotatable bonds is 3. The molecule has 7 heteroatoms. The Bertz CT molecular complexity index is 800. The van der Waals surface area contributed by atoms with Gasteiger partial charge in [-0.25, -0.2) is 9.97 Å². The summed E-state index contributed by atoms with van der Waals surface area (Å²) in [4.78, 5) is 25.4. The molecule has 0 saturated carbocycles. The largest absolute Gasteiger partial charge is 0.365 e. The van der Waals surface area contributed by atoms with Crippen molar-refractivity contribution in [3.05, 3.63) is 46.2 Å². The Balaban J connectivity index is 1.54. The monoisotopic (exact) mass is 357 g/mol. The third kappa shape index (κ3) is 3.14. The number of primary amides is 1. The average Bonchev–Trinajstić information content (AvgIpc) is 3.09. The van der Waals surface area contributed by atoms with Crippen molar-refractivity contribution in [3.8, 4) is 0 Å². The molecule has 130 valence electrons. The Morgan fingerprint density at radius 2 is 1.88 bits per heavy atom. The highest BCUT2D eigenvalue weighted by Gasteiger charge is 2.25. The lowest BCUT2D eigenvalue weighted by atomic mass is 10.1. The molecule has 0 atom stereocenters. The van der Waals surface area contributed by atoms with Crippen molar-refractivity contribution in [2.45, 2.75) is 19.3 Å². The first-order chi connectivity index (χ1) is 12.1. The van der Waals surface area contributed by atoms with E-state index in [2.05, 4.69) is 14.8 Å². The number of carbonyl (C=O) groups excluding carboxylic acids is 1. The smallest absolute Gasteiger partial charge is 0.252 e. The fourth-order valence-electron chi connectivity index (χ4n) is 3.59. The minimum absolute atomic E-state index is 0.404. The van der Waals surface area contributed by atoms with Crippen molar-refractivity contribution in [2.75, 3.05) is 36.0 Å². The molecule has 2 N–H and O–H groups in total. The van der Waals surface area contributed by atoms with Crippen LogP contribution in [0.1, 0.15) is 28.0 Å². The zero-order chi connectivity index (χ0) is 17.4. The van der Waals surface area contributed by atoms with Crippen LogP contribution in [0.3, 0.4) is 0 Å². The van der Waals surface area contributed by atoms with Crippen LogP contribution in [-0.4, -0.2) is 42.1 Å². The molecule has 3 heterocycles. The van der Waals surface area contributed by atoms with E-state index in [1.54, 1.807) is 6.20 Å². The second-order valence-electron chi connectivity index (χ2n) is 6.49. The average molecular weight is 358 g/mol. The van der Waals surface area contributed by atoms with E-state index in [0.717, 1.165) is 62.8 Å². The highest BCUT2D eigenvalue weighted by atomic mass is 35.5. The number of amides is 1. The summed E-state index contributed by atoms with van der Waals surface area (Å²) in [6.45, 7) is 3.17. The molecule has 1 aliphatic carbocycles. The molecule has 4 rings (SSSR count). The Kier molecular flexibility index (Phi) is 4.21. The molecule has 6 nitrogen and oxygen atoms in total. The summed E-state index contributed by atoms with van der Waals surface area (Å²) >= 11 is 5.91. The Labute approximate surface area is 151 Å². The van der Waals surface area contributed by atoms with Gasteiger partial charge in [-0.05, 0) is 43.0 Å². The molecule has 0 spiro atoms. The summed E-state index contributed by atoms with van der Waals surface area (Å²) in [7, 11) is 0. The lowest BCUT2D eigenvalue weighted by molar-refractivity contribution is 0.100. The number of nitrogens with zero attached hydrogens (tertiary/aromatic N) is 4. The van der Waals surface area contributed by atoms with Crippen molar-refractivity contribution in [1.82, 2.24) is 9.97 Å². The van der Waals surface area contributed by atoms with E-state index in [1.807, 2.05) is 18.2 Å². The van der Waals surface area contributed by atoms with Crippen LogP contribution in [0.4, 0.5) is 11.6 Å². The Hall–Kier alpha value is -2.34. The molecule has 0 unspecified atom stereocenters. The van der Waals surface area contributed by atoms with Gasteiger partial charge in [0.25, 0.3) is 5.91 Å². The van der Waals surface area contributed by atoms with Crippen LogP contribution in [0.25, 0.3) is 0 Å². The highest BCUT2D eigenvalue weighted by molar-refractivity contribution is 6.30. The second-order valence-corrected chi connectivity index (χ2v) is 6.93. The number of anilines is 2. The van der Waals surface area contributed by atoms with Crippen LogP contribution >= 0.6 is 11.6 Å². The van der Waals surface area contributed by atoms with Crippen molar-refractivity contribution >= 4 is 29.1 Å². The number of fused-ring (bicyclic) bond motifs is 1. The second kappa shape index (κ2) is 6.52. The number of aromatic nitrogens is 2. The van der Waals surface area contributed by atoms with E-state index >= 15 is 0 Å². The highest BCUT2D eigenvalue weighted by Crippen LogP contribution is 2.28. The molecule has 0 aromatic carbocycles. The van der Waals surface area contributed by atoms with E-state index < -0.39 is 5.91 Å². The molecule has 2 aromatic heterocycles. The van der Waals surface area contributed by atoms with Gasteiger partial charge in [0, 0.05) is 38.1 Å². The van der Waals surface area contributed by atoms with Gasteiger partial charge >= 0.3 is 0 Å². The summed E-state index contributed by atoms with van der Waals surface area (Å²) < 4.78 is 0. The third-order valence-corrected chi connectivity index (χ3v) is 5.13. The number of carbonyl (C=O) groups is 1. The van der Waals surface area contributed by atoms with Gasteiger partial charge in [0.15, 0.2) is 0 Å². The van der Waals surface area contributed by atoms with Crippen LogP contribution in [0, 0.1) is 0 Å². The van der Waals surface area contributed by atoms with Gasteiger partial charge in [-0.3, -0.25) is 4.79 Å².